The van der Waals surface area contributed by atoms with Gasteiger partial charge in [0, 0.05) is 6.07 Å². The summed E-state index contributed by atoms with van der Waals surface area (Å²) >= 11 is 0. The van der Waals surface area contributed by atoms with E-state index < -0.39 is 24.2 Å². The molecule has 0 unspecified atom stereocenters. The summed E-state index contributed by atoms with van der Waals surface area (Å²) in [5.74, 6) is -1.29. The number of ether oxygens (including phenoxy) is 1. The van der Waals surface area contributed by atoms with Crippen molar-refractivity contribution in [1.82, 2.24) is 9.78 Å². The quantitative estimate of drug-likeness (QED) is 0.673. The van der Waals surface area contributed by atoms with Gasteiger partial charge in [0.1, 0.15) is 28.8 Å². The molecule has 0 spiro atoms. The summed E-state index contributed by atoms with van der Waals surface area (Å²) in [5.41, 5.74) is -0.418. The van der Waals surface area contributed by atoms with Gasteiger partial charge in [-0.2, -0.15) is 18.3 Å². The van der Waals surface area contributed by atoms with Gasteiger partial charge in [0.05, 0.1) is 18.3 Å². The lowest BCUT2D eigenvalue weighted by atomic mass is 10.2. The predicted molar refractivity (Wildman–Crippen MR) is 83.1 cm³/mol. The number of rotatable bonds is 4. The minimum Gasteiger partial charge on any atom is -0.508 e. The van der Waals surface area contributed by atoms with Gasteiger partial charge in [0.25, 0.3) is 0 Å². The molecule has 2 aromatic carbocycles. The van der Waals surface area contributed by atoms with Crippen LogP contribution in [0.25, 0.3) is 5.69 Å². The molecule has 0 bridgehead atoms. The third-order valence-electron chi connectivity index (χ3n) is 3.43. The molecule has 136 valence electrons. The summed E-state index contributed by atoms with van der Waals surface area (Å²) in [7, 11) is 0. The van der Waals surface area contributed by atoms with Crippen molar-refractivity contribution < 1.29 is 32.5 Å². The number of halogens is 4. The zero-order chi connectivity index (χ0) is 18.9. The fourth-order valence-corrected chi connectivity index (χ4v) is 2.32. The summed E-state index contributed by atoms with van der Waals surface area (Å²) in [6.45, 7) is 0. The van der Waals surface area contributed by atoms with Crippen LogP contribution >= 0.6 is 0 Å². The van der Waals surface area contributed by atoms with E-state index in [1.807, 2.05) is 0 Å². The Morgan fingerprint density at radius 3 is 2.35 bits per heavy atom. The maximum absolute atomic E-state index is 13.0. The number of benzene rings is 2. The minimum atomic E-state index is -4.56. The van der Waals surface area contributed by atoms with Crippen molar-refractivity contribution in [3.63, 3.8) is 0 Å². The Labute approximate surface area is 144 Å². The topological polar surface area (TPSA) is 67.5 Å². The van der Waals surface area contributed by atoms with E-state index in [9.17, 15) is 27.8 Å². The van der Waals surface area contributed by atoms with Crippen molar-refractivity contribution in [2.24, 2.45) is 0 Å². The van der Waals surface area contributed by atoms with Crippen molar-refractivity contribution in [2.45, 2.75) is 12.6 Å². The molecule has 0 aliphatic carbocycles. The van der Waals surface area contributed by atoms with Crippen LogP contribution in [0.3, 0.4) is 0 Å². The summed E-state index contributed by atoms with van der Waals surface area (Å²) < 4.78 is 58.2. The second kappa shape index (κ2) is 6.58. The van der Waals surface area contributed by atoms with Crippen LogP contribution in [-0.2, 0) is 6.42 Å². The molecule has 1 aromatic heterocycles. The van der Waals surface area contributed by atoms with Gasteiger partial charge >= 0.3 is 6.18 Å². The lowest BCUT2D eigenvalue weighted by Crippen LogP contribution is -2.16. The van der Waals surface area contributed by atoms with Gasteiger partial charge < -0.3 is 14.9 Å². The first-order chi connectivity index (χ1) is 12.2. The van der Waals surface area contributed by atoms with Crippen molar-refractivity contribution in [1.29, 1.82) is 0 Å². The van der Waals surface area contributed by atoms with E-state index in [4.69, 9.17) is 4.74 Å². The van der Waals surface area contributed by atoms with E-state index in [0.717, 1.165) is 29.1 Å². The largest absolute Gasteiger partial charge is 0.508 e. The number of aromatic nitrogens is 2. The van der Waals surface area contributed by atoms with Gasteiger partial charge in [-0.25, -0.2) is 9.07 Å². The second-order valence-corrected chi connectivity index (χ2v) is 5.39. The molecule has 2 N–H and O–H groups in total. The third-order valence-corrected chi connectivity index (χ3v) is 3.43. The van der Waals surface area contributed by atoms with Gasteiger partial charge in [-0.1, -0.05) is 0 Å². The Hall–Kier alpha value is -3.23. The molecule has 0 atom stereocenters. The molecule has 9 heteroatoms. The van der Waals surface area contributed by atoms with Crippen LogP contribution in [0.5, 0.6) is 23.0 Å². The molecule has 0 fully saturated rings. The van der Waals surface area contributed by atoms with Crippen molar-refractivity contribution >= 4 is 0 Å². The van der Waals surface area contributed by atoms with E-state index >= 15 is 0 Å². The molecule has 0 aliphatic heterocycles. The van der Waals surface area contributed by atoms with E-state index in [0.29, 0.717) is 0 Å². The van der Waals surface area contributed by atoms with Crippen LogP contribution in [0, 0.1) is 5.82 Å². The molecule has 0 amide bonds. The highest BCUT2D eigenvalue weighted by Crippen LogP contribution is 2.35. The lowest BCUT2D eigenvalue weighted by molar-refractivity contribution is -0.128. The highest BCUT2D eigenvalue weighted by Gasteiger charge is 2.33. The van der Waals surface area contributed by atoms with Crippen LogP contribution in [-0.4, -0.2) is 26.2 Å². The minimum absolute atomic E-state index is 0.0593. The van der Waals surface area contributed by atoms with Gasteiger partial charge in [-0.05, 0) is 36.4 Å². The van der Waals surface area contributed by atoms with Gasteiger partial charge in [0.2, 0.25) is 0 Å². The summed E-state index contributed by atoms with van der Waals surface area (Å²) in [5, 5.41) is 23.1. The average Bonchev–Trinajstić information content (AvgIpc) is 2.90. The number of hydrogen-bond acceptors (Lipinski definition) is 4. The van der Waals surface area contributed by atoms with E-state index in [1.165, 1.54) is 24.3 Å². The molecule has 3 rings (SSSR count). The number of nitrogens with zero attached hydrogens (tertiary/aromatic N) is 2. The first kappa shape index (κ1) is 17.6. The molecule has 1 heterocycles. The van der Waals surface area contributed by atoms with Crippen LogP contribution in [0.15, 0.2) is 48.7 Å². The molecule has 26 heavy (non-hydrogen) atoms. The smallest absolute Gasteiger partial charge is 0.394 e. The van der Waals surface area contributed by atoms with Crippen LogP contribution < -0.4 is 4.74 Å². The highest BCUT2D eigenvalue weighted by atomic mass is 19.4. The fraction of sp³-hybridized carbons (Fsp3) is 0.118. The lowest BCUT2D eigenvalue weighted by Gasteiger charge is -2.13. The monoisotopic (exact) mass is 368 g/mol. The molecule has 0 radical (unpaired) electrons. The number of aromatic hydroxyl groups is 2. The number of hydrogen-bond donors (Lipinski definition) is 2. The third kappa shape index (κ3) is 3.88. The SMILES string of the molecule is Oc1ccc(-n2ncc(Oc3ccc(F)cc3)c2CC(F)(F)F)c(O)c1. The van der Waals surface area contributed by atoms with Gasteiger partial charge in [0.15, 0.2) is 5.75 Å². The van der Waals surface area contributed by atoms with Crippen LogP contribution in [0.1, 0.15) is 5.69 Å². The summed E-state index contributed by atoms with van der Waals surface area (Å²) in [6, 6.07) is 8.15. The molecule has 3 aromatic rings. The highest BCUT2D eigenvalue weighted by molar-refractivity contribution is 5.51. The van der Waals surface area contributed by atoms with E-state index in [-0.39, 0.29) is 28.6 Å². The average molecular weight is 368 g/mol. The van der Waals surface area contributed by atoms with Gasteiger partial charge in [-0.15, -0.1) is 0 Å². The first-order valence-electron chi connectivity index (χ1n) is 7.32. The zero-order valence-corrected chi connectivity index (χ0v) is 13.0. The Balaban J connectivity index is 2.05. The number of phenols is 2. The zero-order valence-electron chi connectivity index (χ0n) is 13.0. The van der Waals surface area contributed by atoms with Crippen LogP contribution in [0.2, 0.25) is 0 Å². The maximum atomic E-state index is 13.0. The number of alkyl halides is 3. The van der Waals surface area contributed by atoms with Crippen LogP contribution in [0.4, 0.5) is 17.6 Å². The molecular formula is C17H12F4N2O3. The number of phenolic OH excluding ortho intramolecular Hbond substituents is 2. The second-order valence-electron chi connectivity index (χ2n) is 5.39. The molecule has 0 saturated carbocycles. The Kier molecular flexibility index (Phi) is 4.45. The molecular weight excluding hydrogens is 356 g/mol. The summed E-state index contributed by atoms with van der Waals surface area (Å²) in [4.78, 5) is 0. The van der Waals surface area contributed by atoms with Crippen molar-refractivity contribution in [3.05, 3.63) is 60.2 Å². The molecule has 0 saturated heterocycles. The molecule has 5 nitrogen and oxygen atoms in total. The predicted octanol–water partition coefficient (Wildman–Crippen LogP) is 4.32. The molecule has 0 aliphatic rings. The Morgan fingerprint density at radius 2 is 1.73 bits per heavy atom. The van der Waals surface area contributed by atoms with E-state index in [2.05, 4.69) is 5.10 Å². The Bertz CT molecular complexity index is 921. The van der Waals surface area contributed by atoms with E-state index in [1.54, 1.807) is 0 Å². The standard InChI is InChI=1S/C17H12F4N2O3/c18-10-1-4-12(5-2-10)26-16-9-22-23(14(16)8-17(19,20)21)13-6-3-11(24)7-15(13)25/h1-7,9,24-25H,8H2. The van der Waals surface area contributed by atoms with Crippen molar-refractivity contribution in [2.75, 3.05) is 0 Å². The fourth-order valence-electron chi connectivity index (χ4n) is 2.32. The summed E-state index contributed by atoms with van der Waals surface area (Å²) in [6.07, 6.45) is -4.87. The van der Waals surface area contributed by atoms with Crippen molar-refractivity contribution in [3.8, 4) is 28.7 Å². The first-order valence-corrected chi connectivity index (χ1v) is 7.32. The van der Waals surface area contributed by atoms with Gasteiger partial charge in [-0.3, -0.25) is 0 Å². The Morgan fingerprint density at radius 1 is 1.04 bits per heavy atom. The normalized spacial score (nSPS) is 11.5. The maximum Gasteiger partial charge on any atom is 0.394 e.